The Hall–Kier alpha value is -2.37. The summed E-state index contributed by atoms with van der Waals surface area (Å²) in [5, 5.41) is 5.16. The Morgan fingerprint density at radius 3 is 2.64 bits per heavy atom. The van der Waals surface area contributed by atoms with E-state index in [4.69, 9.17) is 12.2 Å². The monoisotopic (exact) mass is 367 g/mol. The first kappa shape index (κ1) is 17.5. The lowest BCUT2D eigenvalue weighted by Gasteiger charge is -2.14. The van der Waals surface area contributed by atoms with Crippen LogP contribution in [0.15, 0.2) is 72.4 Å². The van der Waals surface area contributed by atoms with Gasteiger partial charge in [-0.1, -0.05) is 48.6 Å². The molecule has 0 bridgehead atoms. The normalized spacial score (nSPS) is 11.7. The Morgan fingerprint density at radius 1 is 1.16 bits per heavy atom. The van der Waals surface area contributed by atoms with Gasteiger partial charge in [-0.2, -0.15) is 4.57 Å². The predicted molar refractivity (Wildman–Crippen MR) is 105 cm³/mol. The van der Waals surface area contributed by atoms with E-state index < -0.39 is 6.04 Å². The van der Waals surface area contributed by atoms with Gasteiger partial charge in [0, 0.05) is 18.2 Å². The maximum atomic E-state index is 13.0. The number of carbonyl (C=O) groups is 1. The average Bonchev–Trinajstić information content (AvgIpc) is 3.16. The van der Waals surface area contributed by atoms with E-state index in [9.17, 15) is 4.79 Å². The van der Waals surface area contributed by atoms with Crippen LogP contribution in [0.4, 0.5) is 0 Å². The van der Waals surface area contributed by atoms with E-state index in [2.05, 4.69) is 5.32 Å². The molecule has 2 heterocycles. The van der Waals surface area contributed by atoms with E-state index in [0.29, 0.717) is 16.4 Å². The van der Waals surface area contributed by atoms with Crippen LogP contribution in [0, 0.1) is 6.92 Å². The smallest absolute Gasteiger partial charge is 0.271 e. The molecule has 1 N–H and O–H groups in total. The van der Waals surface area contributed by atoms with Crippen LogP contribution in [0.2, 0.25) is 0 Å². The molecule has 2 aromatic heterocycles. The van der Waals surface area contributed by atoms with Gasteiger partial charge in [-0.25, -0.2) is 0 Å². The first-order chi connectivity index (χ1) is 12.1. The van der Waals surface area contributed by atoms with Crippen LogP contribution in [0.25, 0.3) is 0 Å². The Labute approximate surface area is 157 Å². The van der Waals surface area contributed by atoms with Crippen molar-refractivity contribution in [3.8, 4) is 0 Å². The summed E-state index contributed by atoms with van der Waals surface area (Å²) in [6, 6.07) is 17.1. The molecule has 0 spiro atoms. The second-order valence-corrected chi connectivity index (χ2v) is 7.16. The SMILES string of the molecule is Cc1ccc[n+]([C@H](C(=O)c2cccs2)C(=S)NCc2ccccc2)c1. The minimum atomic E-state index is -0.544. The van der Waals surface area contributed by atoms with Crippen molar-refractivity contribution in [3.05, 3.63) is 88.4 Å². The molecule has 25 heavy (non-hydrogen) atoms. The molecule has 5 heteroatoms. The lowest BCUT2D eigenvalue weighted by Crippen LogP contribution is -2.51. The molecule has 1 aromatic carbocycles. The number of aromatic nitrogens is 1. The van der Waals surface area contributed by atoms with Crippen molar-refractivity contribution in [3.63, 3.8) is 0 Å². The van der Waals surface area contributed by atoms with E-state index in [1.807, 2.05) is 83.9 Å². The van der Waals surface area contributed by atoms with Crippen LogP contribution in [-0.4, -0.2) is 10.8 Å². The summed E-state index contributed by atoms with van der Waals surface area (Å²) in [6.45, 7) is 2.60. The number of hydrogen-bond acceptors (Lipinski definition) is 3. The summed E-state index contributed by atoms with van der Waals surface area (Å²) in [5.41, 5.74) is 2.21. The third-order valence-corrected chi connectivity index (χ3v) is 5.09. The quantitative estimate of drug-likeness (QED) is 0.408. The van der Waals surface area contributed by atoms with E-state index in [0.717, 1.165) is 11.1 Å². The fourth-order valence-corrected chi connectivity index (χ4v) is 3.59. The van der Waals surface area contributed by atoms with Crippen molar-refractivity contribution in [1.29, 1.82) is 0 Å². The van der Waals surface area contributed by atoms with Crippen LogP contribution >= 0.6 is 23.6 Å². The zero-order chi connectivity index (χ0) is 17.6. The second-order valence-electron chi connectivity index (χ2n) is 5.78. The molecule has 3 rings (SSSR count). The number of nitrogens with one attached hydrogen (secondary N) is 1. The number of nitrogens with zero attached hydrogens (tertiary/aromatic N) is 1. The number of aryl methyl sites for hydroxylation is 1. The number of hydrogen-bond donors (Lipinski definition) is 1. The number of Topliss-reactive ketones (excluding diaryl/α,β-unsaturated/α-hetero) is 1. The van der Waals surface area contributed by atoms with Crippen molar-refractivity contribution >= 4 is 34.3 Å². The lowest BCUT2D eigenvalue weighted by atomic mass is 10.1. The van der Waals surface area contributed by atoms with Crippen molar-refractivity contribution in [2.45, 2.75) is 19.5 Å². The molecule has 0 unspecified atom stereocenters. The van der Waals surface area contributed by atoms with Crippen molar-refractivity contribution < 1.29 is 9.36 Å². The van der Waals surface area contributed by atoms with E-state index in [-0.39, 0.29) is 5.78 Å². The summed E-state index contributed by atoms with van der Waals surface area (Å²) in [5.74, 6) is 0.0103. The van der Waals surface area contributed by atoms with Crippen molar-refractivity contribution in [2.24, 2.45) is 0 Å². The molecule has 1 atom stereocenters. The summed E-state index contributed by atoms with van der Waals surface area (Å²) >= 11 is 7.04. The fraction of sp³-hybridized carbons (Fsp3) is 0.150. The summed E-state index contributed by atoms with van der Waals surface area (Å²) in [6.07, 6.45) is 3.84. The molecule has 0 aliphatic heterocycles. The van der Waals surface area contributed by atoms with Crippen molar-refractivity contribution in [1.82, 2.24) is 5.32 Å². The highest BCUT2D eigenvalue weighted by Gasteiger charge is 2.33. The number of rotatable bonds is 6. The third-order valence-electron chi connectivity index (χ3n) is 3.84. The summed E-state index contributed by atoms with van der Waals surface area (Å²) in [7, 11) is 0. The topological polar surface area (TPSA) is 33.0 Å². The molecule has 0 aliphatic carbocycles. The third kappa shape index (κ3) is 4.38. The number of thiocarbonyl (C=S) groups is 1. The van der Waals surface area contributed by atoms with Crippen LogP contribution in [0.1, 0.15) is 26.8 Å². The Balaban J connectivity index is 1.85. The Bertz CT molecular complexity index is 860. The van der Waals surface area contributed by atoms with Gasteiger partial charge in [0.2, 0.25) is 5.78 Å². The van der Waals surface area contributed by atoms with E-state index >= 15 is 0 Å². The average molecular weight is 368 g/mol. The highest BCUT2D eigenvalue weighted by molar-refractivity contribution is 7.80. The second kappa shape index (κ2) is 8.14. The predicted octanol–water partition coefficient (Wildman–Crippen LogP) is 3.89. The van der Waals surface area contributed by atoms with Gasteiger partial charge in [-0.15, -0.1) is 11.3 Å². The molecular weight excluding hydrogens is 348 g/mol. The molecule has 0 aliphatic rings. The van der Waals surface area contributed by atoms with Gasteiger partial charge in [0.05, 0.1) is 4.88 Å². The molecular formula is C20H19N2OS2+. The van der Waals surface area contributed by atoms with Crippen LogP contribution in [0.3, 0.4) is 0 Å². The molecule has 0 fully saturated rings. The van der Waals surface area contributed by atoms with Gasteiger partial charge in [0.1, 0.15) is 0 Å². The van der Waals surface area contributed by atoms with Gasteiger partial charge in [-0.05, 0) is 30.0 Å². The Morgan fingerprint density at radius 2 is 1.96 bits per heavy atom. The minimum absolute atomic E-state index is 0.0103. The molecule has 0 radical (unpaired) electrons. The fourth-order valence-electron chi connectivity index (χ4n) is 2.60. The molecule has 3 aromatic rings. The van der Waals surface area contributed by atoms with Gasteiger partial charge in [0.25, 0.3) is 6.04 Å². The maximum Gasteiger partial charge on any atom is 0.271 e. The first-order valence-electron chi connectivity index (χ1n) is 8.02. The van der Waals surface area contributed by atoms with Gasteiger partial charge < -0.3 is 5.32 Å². The van der Waals surface area contributed by atoms with E-state index in [1.54, 1.807) is 0 Å². The maximum absolute atomic E-state index is 13.0. The highest BCUT2D eigenvalue weighted by Crippen LogP contribution is 2.16. The standard InChI is InChI=1S/C20H18N2OS2/c1-15-7-5-11-22(14-15)18(19(23)17-10-6-12-25-17)20(24)21-13-16-8-3-2-4-9-16/h2-12,14,18H,13H2,1H3/p+1/t18-/m1/s1. The van der Waals surface area contributed by atoms with Crippen LogP contribution in [-0.2, 0) is 6.54 Å². The van der Waals surface area contributed by atoms with Crippen LogP contribution in [0.5, 0.6) is 0 Å². The Kier molecular flexibility index (Phi) is 5.68. The molecule has 126 valence electrons. The van der Waals surface area contributed by atoms with Crippen LogP contribution < -0.4 is 9.88 Å². The van der Waals surface area contributed by atoms with Crippen molar-refractivity contribution in [2.75, 3.05) is 0 Å². The lowest BCUT2D eigenvalue weighted by molar-refractivity contribution is -0.692. The molecule has 0 saturated carbocycles. The molecule has 0 amide bonds. The van der Waals surface area contributed by atoms with E-state index in [1.165, 1.54) is 11.3 Å². The van der Waals surface area contributed by atoms with Gasteiger partial charge in [-0.3, -0.25) is 4.79 Å². The molecule has 3 nitrogen and oxygen atoms in total. The highest BCUT2D eigenvalue weighted by atomic mass is 32.1. The summed E-state index contributed by atoms with van der Waals surface area (Å²) in [4.78, 5) is 14.3. The number of ketones is 1. The van der Waals surface area contributed by atoms with Gasteiger partial charge in [0.15, 0.2) is 17.4 Å². The number of pyridine rings is 1. The minimum Gasteiger partial charge on any atom is -0.370 e. The van der Waals surface area contributed by atoms with Gasteiger partial charge >= 0.3 is 0 Å². The largest absolute Gasteiger partial charge is 0.370 e. The molecule has 0 saturated heterocycles. The summed E-state index contributed by atoms with van der Waals surface area (Å²) < 4.78 is 1.89. The zero-order valence-electron chi connectivity index (χ0n) is 13.9. The number of thiophene rings is 1. The number of benzene rings is 1. The number of carbonyl (C=O) groups excluding carboxylic acids is 1. The first-order valence-corrected chi connectivity index (χ1v) is 9.31. The zero-order valence-corrected chi connectivity index (χ0v) is 15.5.